The number of morpholine rings is 1. The third kappa shape index (κ3) is 7.28. The molecule has 0 radical (unpaired) electrons. The molecular weight excluding hydrogens is 264 g/mol. The lowest BCUT2D eigenvalue weighted by Gasteiger charge is -2.34. The summed E-state index contributed by atoms with van der Waals surface area (Å²) >= 11 is 0. The molecule has 0 aromatic rings. The summed E-state index contributed by atoms with van der Waals surface area (Å²) in [6.45, 7) is 13.3. The van der Waals surface area contributed by atoms with Crippen molar-refractivity contribution >= 4 is 5.91 Å². The Morgan fingerprint density at radius 2 is 2.05 bits per heavy atom. The van der Waals surface area contributed by atoms with Gasteiger partial charge < -0.3 is 9.64 Å². The number of hydrogen-bond donors (Lipinski definition) is 0. The summed E-state index contributed by atoms with van der Waals surface area (Å²) < 4.78 is 5.85. The second kappa shape index (κ2) is 9.42. The predicted octanol–water partition coefficient (Wildman–Crippen LogP) is 2.63. The van der Waals surface area contributed by atoms with E-state index in [0.29, 0.717) is 0 Å². The number of rotatable bonds is 8. The monoisotopic (exact) mass is 298 g/mol. The Hall–Kier alpha value is -0.610. The number of amides is 1. The molecule has 0 aliphatic carbocycles. The van der Waals surface area contributed by atoms with Crippen LogP contribution >= 0.6 is 0 Å². The molecule has 1 rings (SSSR count). The summed E-state index contributed by atoms with van der Waals surface area (Å²) in [5.41, 5.74) is 0. The molecule has 0 saturated carbocycles. The van der Waals surface area contributed by atoms with Gasteiger partial charge in [-0.25, -0.2) is 0 Å². The molecule has 1 saturated heterocycles. The molecule has 1 aliphatic rings. The first-order valence-electron chi connectivity index (χ1n) is 8.49. The first-order valence-corrected chi connectivity index (χ1v) is 8.49. The fourth-order valence-electron chi connectivity index (χ4n) is 2.77. The third-order valence-corrected chi connectivity index (χ3v) is 4.14. The number of carbonyl (C=O) groups excluding carboxylic acids is 1. The fourth-order valence-corrected chi connectivity index (χ4v) is 2.77. The zero-order valence-electron chi connectivity index (χ0n) is 14.6. The minimum absolute atomic E-state index is 0.0785. The molecule has 1 heterocycles. The van der Waals surface area contributed by atoms with Crippen molar-refractivity contribution in [2.24, 2.45) is 11.8 Å². The topological polar surface area (TPSA) is 32.8 Å². The molecule has 4 nitrogen and oxygen atoms in total. The van der Waals surface area contributed by atoms with E-state index in [2.05, 4.69) is 18.7 Å². The van der Waals surface area contributed by atoms with Gasteiger partial charge in [0, 0.05) is 32.6 Å². The standard InChI is InChI=1S/C17H34N2O2/c1-14(2)7-6-9-19-11-12-21-16(13-19)8-10-18(5)17(20)15(3)4/h14-16H,6-13H2,1-5H3/t16-/m0/s1. The van der Waals surface area contributed by atoms with E-state index in [1.54, 1.807) is 0 Å². The molecule has 21 heavy (non-hydrogen) atoms. The van der Waals surface area contributed by atoms with E-state index in [0.717, 1.165) is 38.6 Å². The van der Waals surface area contributed by atoms with E-state index in [1.807, 2.05) is 25.8 Å². The summed E-state index contributed by atoms with van der Waals surface area (Å²) in [6, 6.07) is 0. The highest BCUT2D eigenvalue weighted by molar-refractivity contribution is 5.77. The molecule has 0 spiro atoms. The zero-order valence-corrected chi connectivity index (χ0v) is 14.6. The lowest BCUT2D eigenvalue weighted by Crippen LogP contribution is -2.44. The van der Waals surface area contributed by atoms with Gasteiger partial charge in [-0.05, 0) is 31.7 Å². The molecule has 0 N–H and O–H groups in total. The van der Waals surface area contributed by atoms with Crippen LogP contribution in [0.1, 0.15) is 47.0 Å². The van der Waals surface area contributed by atoms with Crippen molar-refractivity contribution in [2.75, 3.05) is 39.8 Å². The second-order valence-electron chi connectivity index (χ2n) is 7.03. The van der Waals surface area contributed by atoms with Gasteiger partial charge in [-0.2, -0.15) is 0 Å². The van der Waals surface area contributed by atoms with E-state index in [-0.39, 0.29) is 17.9 Å². The van der Waals surface area contributed by atoms with E-state index >= 15 is 0 Å². The molecule has 124 valence electrons. The van der Waals surface area contributed by atoms with E-state index in [1.165, 1.54) is 19.4 Å². The molecule has 4 heteroatoms. The molecule has 0 bridgehead atoms. The van der Waals surface area contributed by atoms with E-state index in [9.17, 15) is 4.79 Å². The van der Waals surface area contributed by atoms with E-state index in [4.69, 9.17) is 4.74 Å². The van der Waals surface area contributed by atoms with Crippen molar-refractivity contribution in [3.8, 4) is 0 Å². The van der Waals surface area contributed by atoms with Crippen molar-refractivity contribution in [3.05, 3.63) is 0 Å². The molecule has 1 fully saturated rings. The maximum Gasteiger partial charge on any atom is 0.224 e. The number of hydrogen-bond acceptors (Lipinski definition) is 3. The maximum absolute atomic E-state index is 11.9. The van der Waals surface area contributed by atoms with Gasteiger partial charge in [-0.15, -0.1) is 0 Å². The number of ether oxygens (including phenoxy) is 1. The molecule has 1 aliphatic heterocycles. The Balaban J connectivity index is 2.25. The first kappa shape index (κ1) is 18.4. The molecule has 1 amide bonds. The van der Waals surface area contributed by atoms with Crippen LogP contribution in [-0.2, 0) is 9.53 Å². The van der Waals surface area contributed by atoms with Crippen LogP contribution in [0.5, 0.6) is 0 Å². The average molecular weight is 298 g/mol. The highest BCUT2D eigenvalue weighted by Crippen LogP contribution is 2.12. The first-order chi connectivity index (χ1) is 9.90. The number of carbonyl (C=O) groups is 1. The Bertz CT molecular complexity index is 305. The van der Waals surface area contributed by atoms with Crippen molar-refractivity contribution in [2.45, 2.75) is 53.1 Å². The van der Waals surface area contributed by atoms with Crippen LogP contribution in [0.2, 0.25) is 0 Å². The van der Waals surface area contributed by atoms with Gasteiger partial charge in [-0.3, -0.25) is 9.69 Å². The lowest BCUT2D eigenvalue weighted by molar-refractivity contribution is -0.133. The Morgan fingerprint density at radius 3 is 2.67 bits per heavy atom. The smallest absolute Gasteiger partial charge is 0.224 e. The summed E-state index contributed by atoms with van der Waals surface area (Å²) in [5, 5.41) is 0. The van der Waals surface area contributed by atoms with Crippen LogP contribution in [0.15, 0.2) is 0 Å². The van der Waals surface area contributed by atoms with Gasteiger partial charge in [0.1, 0.15) is 0 Å². The summed E-state index contributed by atoms with van der Waals surface area (Å²) in [4.78, 5) is 16.2. The fraction of sp³-hybridized carbons (Fsp3) is 0.941. The van der Waals surface area contributed by atoms with Crippen molar-refractivity contribution in [1.29, 1.82) is 0 Å². The third-order valence-electron chi connectivity index (χ3n) is 4.14. The van der Waals surface area contributed by atoms with Crippen LogP contribution in [0, 0.1) is 11.8 Å². The van der Waals surface area contributed by atoms with Crippen LogP contribution in [0.25, 0.3) is 0 Å². The molecule has 1 atom stereocenters. The van der Waals surface area contributed by atoms with Crippen molar-refractivity contribution in [1.82, 2.24) is 9.80 Å². The minimum Gasteiger partial charge on any atom is -0.375 e. The van der Waals surface area contributed by atoms with Gasteiger partial charge in [0.15, 0.2) is 0 Å². The van der Waals surface area contributed by atoms with Crippen LogP contribution in [-0.4, -0.2) is 61.6 Å². The summed E-state index contributed by atoms with van der Waals surface area (Å²) in [5.74, 6) is 1.09. The van der Waals surface area contributed by atoms with Crippen LogP contribution < -0.4 is 0 Å². The molecule has 0 aromatic carbocycles. The molecule has 0 aromatic heterocycles. The second-order valence-corrected chi connectivity index (χ2v) is 7.03. The number of nitrogens with zero attached hydrogens (tertiary/aromatic N) is 2. The average Bonchev–Trinajstić information content (AvgIpc) is 2.44. The highest BCUT2D eigenvalue weighted by atomic mass is 16.5. The SMILES string of the molecule is CC(C)CCCN1CCO[C@@H](CCN(C)C(=O)C(C)C)C1. The molecule has 0 unspecified atom stereocenters. The summed E-state index contributed by atoms with van der Waals surface area (Å²) in [6.07, 6.45) is 3.79. The Labute approximate surface area is 130 Å². The normalized spacial score (nSPS) is 20.2. The lowest BCUT2D eigenvalue weighted by atomic mass is 10.1. The Morgan fingerprint density at radius 1 is 1.33 bits per heavy atom. The van der Waals surface area contributed by atoms with Crippen LogP contribution in [0.3, 0.4) is 0 Å². The van der Waals surface area contributed by atoms with Gasteiger partial charge in [-0.1, -0.05) is 27.7 Å². The predicted molar refractivity (Wildman–Crippen MR) is 87.3 cm³/mol. The zero-order chi connectivity index (χ0) is 15.8. The summed E-state index contributed by atoms with van der Waals surface area (Å²) in [7, 11) is 1.89. The largest absolute Gasteiger partial charge is 0.375 e. The highest BCUT2D eigenvalue weighted by Gasteiger charge is 2.21. The van der Waals surface area contributed by atoms with E-state index < -0.39 is 0 Å². The van der Waals surface area contributed by atoms with Crippen molar-refractivity contribution in [3.63, 3.8) is 0 Å². The minimum atomic E-state index is 0.0785. The Kier molecular flexibility index (Phi) is 8.27. The van der Waals surface area contributed by atoms with Gasteiger partial charge >= 0.3 is 0 Å². The van der Waals surface area contributed by atoms with Crippen LogP contribution in [0.4, 0.5) is 0 Å². The van der Waals surface area contributed by atoms with Crippen molar-refractivity contribution < 1.29 is 9.53 Å². The van der Waals surface area contributed by atoms with Gasteiger partial charge in [0.25, 0.3) is 0 Å². The van der Waals surface area contributed by atoms with Gasteiger partial charge in [0.2, 0.25) is 5.91 Å². The maximum atomic E-state index is 11.9. The molecular formula is C17H34N2O2. The van der Waals surface area contributed by atoms with Gasteiger partial charge in [0.05, 0.1) is 12.7 Å². The quantitative estimate of drug-likeness (QED) is 0.690.